The first kappa shape index (κ1) is 26.3. The van der Waals surface area contributed by atoms with E-state index >= 15 is 0 Å². The van der Waals surface area contributed by atoms with E-state index in [1.807, 2.05) is 56.3 Å². The molecule has 4 heterocycles. The van der Waals surface area contributed by atoms with E-state index in [-0.39, 0.29) is 11.4 Å². The lowest BCUT2D eigenvalue weighted by Gasteiger charge is -2.30. The van der Waals surface area contributed by atoms with Gasteiger partial charge >= 0.3 is 0 Å². The number of halogens is 1. The molecule has 0 aliphatic heterocycles. The number of aryl methyl sites for hydroxylation is 2. The van der Waals surface area contributed by atoms with Crippen LogP contribution in [0.1, 0.15) is 45.4 Å². The van der Waals surface area contributed by atoms with Crippen molar-refractivity contribution in [2.24, 2.45) is 0 Å². The summed E-state index contributed by atoms with van der Waals surface area (Å²) < 4.78 is 21.0. The Morgan fingerprint density at radius 3 is 2.59 bits per heavy atom. The van der Waals surface area contributed by atoms with Crippen molar-refractivity contribution in [3.63, 3.8) is 0 Å². The van der Waals surface area contributed by atoms with Crippen LogP contribution in [0, 0.1) is 19.7 Å². The van der Waals surface area contributed by atoms with Gasteiger partial charge in [-0.25, -0.2) is 9.07 Å². The Hall–Kier alpha value is -4.96. The van der Waals surface area contributed by atoms with Crippen LogP contribution >= 0.6 is 0 Å². The number of hydrogen-bond donors (Lipinski definition) is 1. The SMILES string of the molecule is Cc1ccc(C)c2[nH]c(=O)c([C@@H](c3nnnn3Cc3ccc(F)cc3)N(Cc3cccnc3)Cc3ccco3)cc12. The lowest BCUT2D eigenvalue weighted by atomic mass is 9.99. The topological polar surface area (TPSA) is 106 Å². The molecule has 9 nitrogen and oxygen atoms in total. The van der Waals surface area contributed by atoms with E-state index < -0.39 is 6.04 Å². The first-order valence-electron chi connectivity index (χ1n) is 13.3. The van der Waals surface area contributed by atoms with Crippen molar-refractivity contribution < 1.29 is 8.81 Å². The number of nitrogens with zero attached hydrogens (tertiary/aromatic N) is 6. The van der Waals surface area contributed by atoms with Crippen LogP contribution in [0.2, 0.25) is 0 Å². The molecule has 0 bridgehead atoms. The maximum atomic E-state index is 13.9. The van der Waals surface area contributed by atoms with Gasteiger partial charge in [-0.3, -0.25) is 14.7 Å². The molecular formula is C31H28FN7O2. The number of aromatic amines is 1. The second-order valence-corrected chi connectivity index (χ2v) is 10.1. The molecule has 0 unspecified atom stereocenters. The number of nitrogens with one attached hydrogen (secondary N) is 1. The van der Waals surface area contributed by atoms with E-state index in [9.17, 15) is 9.18 Å². The van der Waals surface area contributed by atoms with Gasteiger partial charge in [-0.05, 0) is 82.9 Å². The maximum absolute atomic E-state index is 13.9. The molecule has 0 fully saturated rings. The van der Waals surface area contributed by atoms with Gasteiger partial charge in [0.15, 0.2) is 5.82 Å². The minimum Gasteiger partial charge on any atom is -0.468 e. The number of hydrogen-bond acceptors (Lipinski definition) is 7. The molecule has 0 aliphatic carbocycles. The Kier molecular flexibility index (Phi) is 7.22. The average molecular weight is 550 g/mol. The van der Waals surface area contributed by atoms with Gasteiger partial charge in [0.05, 0.1) is 24.9 Å². The van der Waals surface area contributed by atoms with Gasteiger partial charge in [0, 0.05) is 29.9 Å². The minimum absolute atomic E-state index is 0.233. The molecule has 1 atom stereocenters. The lowest BCUT2D eigenvalue weighted by Crippen LogP contribution is -2.35. The molecule has 41 heavy (non-hydrogen) atoms. The van der Waals surface area contributed by atoms with Crippen LogP contribution in [0.15, 0.2) is 94.6 Å². The van der Waals surface area contributed by atoms with Crippen molar-refractivity contribution in [3.05, 3.63) is 141 Å². The number of tetrazole rings is 1. The third-order valence-corrected chi connectivity index (χ3v) is 7.23. The van der Waals surface area contributed by atoms with Gasteiger partial charge in [0.25, 0.3) is 5.56 Å². The molecule has 0 aliphatic rings. The molecule has 1 N–H and O–H groups in total. The fourth-order valence-electron chi connectivity index (χ4n) is 5.14. The quantitative estimate of drug-likeness (QED) is 0.268. The lowest BCUT2D eigenvalue weighted by molar-refractivity contribution is 0.179. The second kappa shape index (κ2) is 11.3. The van der Waals surface area contributed by atoms with E-state index in [0.29, 0.717) is 31.0 Å². The number of furan rings is 1. The molecule has 10 heteroatoms. The van der Waals surface area contributed by atoms with Crippen molar-refractivity contribution in [3.8, 4) is 0 Å². The second-order valence-electron chi connectivity index (χ2n) is 10.1. The maximum Gasteiger partial charge on any atom is 0.253 e. The van der Waals surface area contributed by atoms with Gasteiger partial charge < -0.3 is 9.40 Å². The number of aromatic nitrogens is 6. The Labute approximate surface area is 235 Å². The normalized spacial score (nSPS) is 12.3. The van der Waals surface area contributed by atoms with Crippen LogP contribution in [0.5, 0.6) is 0 Å². The Morgan fingerprint density at radius 2 is 1.83 bits per heavy atom. The van der Waals surface area contributed by atoms with E-state index in [0.717, 1.165) is 38.9 Å². The third-order valence-electron chi connectivity index (χ3n) is 7.23. The number of H-pyrrole nitrogens is 1. The molecule has 6 aromatic rings. The molecule has 0 spiro atoms. The van der Waals surface area contributed by atoms with Crippen molar-refractivity contribution in [1.29, 1.82) is 0 Å². The number of pyridine rings is 2. The molecule has 6 rings (SSSR count). The smallest absolute Gasteiger partial charge is 0.253 e. The fourth-order valence-corrected chi connectivity index (χ4v) is 5.14. The zero-order chi connectivity index (χ0) is 28.3. The first-order chi connectivity index (χ1) is 20.0. The van der Waals surface area contributed by atoms with E-state index in [1.54, 1.807) is 35.5 Å². The zero-order valence-corrected chi connectivity index (χ0v) is 22.7. The van der Waals surface area contributed by atoms with Crippen LogP contribution in [0.25, 0.3) is 10.9 Å². The van der Waals surface area contributed by atoms with Crippen LogP contribution < -0.4 is 5.56 Å². The van der Waals surface area contributed by atoms with Gasteiger partial charge in [-0.2, -0.15) is 0 Å². The highest BCUT2D eigenvalue weighted by Gasteiger charge is 2.32. The largest absolute Gasteiger partial charge is 0.468 e. The number of benzene rings is 2. The molecule has 4 aromatic heterocycles. The summed E-state index contributed by atoms with van der Waals surface area (Å²) in [5, 5.41) is 13.7. The highest BCUT2D eigenvalue weighted by atomic mass is 19.1. The van der Waals surface area contributed by atoms with Gasteiger partial charge in [-0.1, -0.05) is 30.3 Å². The van der Waals surface area contributed by atoms with Gasteiger partial charge in [0.2, 0.25) is 0 Å². The van der Waals surface area contributed by atoms with Crippen LogP contribution in [-0.4, -0.2) is 35.1 Å². The molecule has 0 amide bonds. The van der Waals surface area contributed by atoms with Crippen LogP contribution in [-0.2, 0) is 19.6 Å². The summed E-state index contributed by atoms with van der Waals surface area (Å²) in [5.74, 6) is 0.874. The van der Waals surface area contributed by atoms with E-state index in [1.165, 1.54) is 12.1 Å². The molecular weight excluding hydrogens is 521 g/mol. The van der Waals surface area contributed by atoms with Gasteiger partial charge in [0.1, 0.15) is 17.6 Å². The zero-order valence-electron chi connectivity index (χ0n) is 22.7. The van der Waals surface area contributed by atoms with Crippen molar-refractivity contribution >= 4 is 10.9 Å². The predicted octanol–water partition coefficient (Wildman–Crippen LogP) is 5.10. The fraction of sp³-hybridized carbons (Fsp3) is 0.194. The minimum atomic E-state index is -0.663. The van der Waals surface area contributed by atoms with Crippen molar-refractivity contribution in [2.75, 3.05) is 0 Å². The molecule has 206 valence electrons. The Morgan fingerprint density at radius 1 is 1.00 bits per heavy atom. The highest BCUT2D eigenvalue weighted by molar-refractivity contribution is 5.85. The third kappa shape index (κ3) is 5.55. The molecule has 2 aromatic carbocycles. The molecule has 0 saturated carbocycles. The summed E-state index contributed by atoms with van der Waals surface area (Å²) in [5.41, 5.74) is 4.86. The highest BCUT2D eigenvalue weighted by Crippen LogP contribution is 2.31. The standard InChI is InChI=1S/C31H28FN7O2/c1-20-7-8-21(2)28-26(20)15-27(31(40)34-28)29(30-35-36-37-39(30)18-22-9-11-24(32)12-10-22)38(19-25-6-4-14-41-25)17-23-5-3-13-33-16-23/h3-16,29H,17-19H2,1-2H3,(H,34,40)/t29-/m0/s1. The summed E-state index contributed by atoms with van der Waals surface area (Å²) in [6, 6.07) is 19.1. The first-order valence-corrected chi connectivity index (χ1v) is 13.3. The summed E-state index contributed by atoms with van der Waals surface area (Å²) >= 11 is 0. The van der Waals surface area contributed by atoms with Crippen molar-refractivity contribution in [2.45, 2.75) is 39.5 Å². The summed E-state index contributed by atoms with van der Waals surface area (Å²) in [6.45, 7) is 5.11. The van der Waals surface area contributed by atoms with Crippen LogP contribution in [0.4, 0.5) is 4.39 Å². The van der Waals surface area contributed by atoms with E-state index in [4.69, 9.17) is 4.42 Å². The summed E-state index contributed by atoms with van der Waals surface area (Å²) in [6.07, 6.45) is 5.15. The Bertz CT molecular complexity index is 1830. The van der Waals surface area contributed by atoms with Crippen molar-refractivity contribution in [1.82, 2.24) is 35.1 Å². The predicted molar refractivity (Wildman–Crippen MR) is 151 cm³/mol. The molecule has 0 radical (unpaired) electrons. The Balaban J connectivity index is 1.54. The number of rotatable bonds is 9. The van der Waals surface area contributed by atoms with Gasteiger partial charge in [-0.15, -0.1) is 5.10 Å². The monoisotopic (exact) mass is 549 g/mol. The van der Waals surface area contributed by atoms with Crippen LogP contribution in [0.3, 0.4) is 0 Å². The summed E-state index contributed by atoms with van der Waals surface area (Å²) in [4.78, 5) is 23.4. The average Bonchev–Trinajstić information content (AvgIpc) is 3.66. The number of fused-ring (bicyclic) bond motifs is 1. The molecule has 0 saturated heterocycles. The summed E-state index contributed by atoms with van der Waals surface area (Å²) in [7, 11) is 0. The van der Waals surface area contributed by atoms with E-state index in [2.05, 4.69) is 30.4 Å².